The molecule has 1 aliphatic heterocycles. The number of likely N-dealkylation sites (tertiary alicyclic amines) is 1. The van der Waals surface area contributed by atoms with Crippen molar-refractivity contribution in [2.75, 3.05) is 24.4 Å². The smallest absolute Gasteiger partial charge is 0.261 e. The number of hydrogen-bond acceptors (Lipinski definition) is 4. The van der Waals surface area contributed by atoms with E-state index in [9.17, 15) is 13.2 Å². The molecule has 0 spiro atoms. The summed E-state index contributed by atoms with van der Waals surface area (Å²) < 4.78 is 32.9. The van der Waals surface area contributed by atoms with Crippen LogP contribution in [0.25, 0.3) is 0 Å². The van der Waals surface area contributed by atoms with Crippen LogP contribution in [-0.4, -0.2) is 38.9 Å². The van der Waals surface area contributed by atoms with E-state index in [4.69, 9.17) is 16.3 Å². The Balaban J connectivity index is 1.65. The Morgan fingerprint density at radius 1 is 1.07 bits per heavy atom. The molecule has 1 aliphatic rings. The lowest BCUT2D eigenvalue weighted by Gasteiger charge is -2.26. The summed E-state index contributed by atoms with van der Waals surface area (Å²) in [6, 6.07) is 12.8. The molecular weight excluding hydrogens is 388 g/mol. The van der Waals surface area contributed by atoms with Gasteiger partial charge in [0.25, 0.3) is 15.9 Å². The highest BCUT2D eigenvalue weighted by atomic mass is 35.5. The highest BCUT2D eigenvalue weighted by Gasteiger charge is 2.19. The summed E-state index contributed by atoms with van der Waals surface area (Å²) in [7, 11) is -3.77. The van der Waals surface area contributed by atoms with Gasteiger partial charge in [0.1, 0.15) is 5.75 Å². The van der Waals surface area contributed by atoms with Crippen LogP contribution < -0.4 is 9.46 Å². The van der Waals surface area contributed by atoms with Crippen molar-refractivity contribution in [3.8, 4) is 5.75 Å². The molecule has 144 valence electrons. The third-order valence-corrected chi connectivity index (χ3v) is 5.97. The maximum absolute atomic E-state index is 12.5. The monoisotopic (exact) mass is 408 g/mol. The summed E-state index contributed by atoms with van der Waals surface area (Å²) in [5, 5.41) is 0.136. The largest absolute Gasteiger partial charge is 0.482 e. The summed E-state index contributed by atoms with van der Waals surface area (Å²) >= 11 is 6.17. The predicted octanol–water partition coefficient (Wildman–Crippen LogP) is 3.53. The molecule has 8 heteroatoms. The Labute approximate surface area is 164 Å². The van der Waals surface area contributed by atoms with E-state index >= 15 is 0 Å². The lowest BCUT2D eigenvalue weighted by molar-refractivity contribution is -0.134. The number of halogens is 1. The number of nitrogens with one attached hydrogen (secondary N) is 1. The van der Waals surface area contributed by atoms with Gasteiger partial charge in [0.15, 0.2) is 6.61 Å². The van der Waals surface area contributed by atoms with Crippen LogP contribution in [0.5, 0.6) is 5.75 Å². The number of rotatable bonds is 6. The Hall–Kier alpha value is -2.25. The van der Waals surface area contributed by atoms with Crippen LogP contribution in [0.15, 0.2) is 53.4 Å². The number of hydrogen-bond donors (Lipinski definition) is 1. The molecule has 0 aromatic heterocycles. The molecule has 0 aliphatic carbocycles. The zero-order chi connectivity index (χ0) is 19.3. The highest BCUT2D eigenvalue weighted by Crippen LogP contribution is 2.28. The topological polar surface area (TPSA) is 75.7 Å². The van der Waals surface area contributed by atoms with Crippen molar-refractivity contribution in [1.82, 2.24) is 4.90 Å². The fourth-order valence-corrected chi connectivity index (χ4v) is 4.24. The van der Waals surface area contributed by atoms with Crippen LogP contribution >= 0.6 is 11.6 Å². The molecule has 6 nitrogen and oxygen atoms in total. The van der Waals surface area contributed by atoms with Crippen LogP contribution in [0, 0.1) is 0 Å². The van der Waals surface area contributed by atoms with E-state index in [1.54, 1.807) is 35.2 Å². The van der Waals surface area contributed by atoms with Gasteiger partial charge in [0.2, 0.25) is 0 Å². The molecule has 2 aromatic rings. The average Bonchev–Trinajstić information content (AvgIpc) is 2.68. The second kappa shape index (κ2) is 8.63. The first kappa shape index (κ1) is 19.5. The number of para-hydroxylation sites is 1. The minimum absolute atomic E-state index is 0.0195. The molecule has 1 amide bonds. The van der Waals surface area contributed by atoms with E-state index in [2.05, 4.69) is 4.72 Å². The Bertz CT molecular complexity index is 897. The molecule has 3 rings (SSSR count). The number of piperidine rings is 1. The molecule has 2 aromatic carbocycles. The first-order valence-electron chi connectivity index (χ1n) is 8.74. The van der Waals surface area contributed by atoms with E-state index in [1.807, 2.05) is 0 Å². The number of sulfonamides is 1. The van der Waals surface area contributed by atoms with Gasteiger partial charge in [0, 0.05) is 18.8 Å². The first-order valence-corrected chi connectivity index (χ1v) is 10.6. The van der Waals surface area contributed by atoms with Gasteiger partial charge in [-0.3, -0.25) is 9.52 Å². The fraction of sp³-hybridized carbons (Fsp3) is 0.316. The van der Waals surface area contributed by atoms with Gasteiger partial charge in [-0.15, -0.1) is 0 Å². The van der Waals surface area contributed by atoms with Crippen LogP contribution in [0.1, 0.15) is 19.3 Å². The van der Waals surface area contributed by atoms with Crippen LogP contribution in [-0.2, 0) is 14.8 Å². The maximum atomic E-state index is 12.5. The molecule has 27 heavy (non-hydrogen) atoms. The van der Waals surface area contributed by atoms with Crippen LogP contribution in [0.3, 0.4) is 0 Å². The van der Waals surface area contributed by atoms with Gasteiger partial charge in [-0.05, 0) is 49.6 Å². The summed E-state index contributed by atoms with van der Waals surface area (Å²) in [5.41, 5.74) is 0.459. The number of ether oxygens (including phenoxy) is 1. The lowest BCUT2D eigenvalue weighted by atomic mass is 10.1. The lowest BCUT2D eigenvalue weighted by Crippen LogP contribution is -2.38. The van der Waals surface area contributed by atoms with Gasteiger partial charge < -0.3 is 9.64 Å². The van der Waals surface area contributed by atoms with Crippen molar-refractivity contribution in [1.29, 1.82) is 0 Å². The minimum atomic E-state index is -3.77. The van der Waals surface area contributed by atoms with Gasteiger partial charge in [-0.1, -0.05) is 29.8 Å². The van der Waals surface area contributed by atoms with E-state index in [1.165, 1.54) is 18.2 Å². The summed E-state index contributed by atoms with van der Waals surface area (Å²) in [6.07, 6.45) is 3.16. The summed E-state index contributed by atoms with van der Waals surface area (Å²) in [4.78, 5) is 14.0. The first-order chi connectivity index (χ1) is 13.0. The molecule has 0 radical (unpaired) electrons. The van der Waals surface area contributed by atoms with Gasteiger partial charge >= 0.3 is 0 Å². The zero-order valence-electron chi connectivity index (χ0n) is 14.7. The molecule has 1 N–H and O–H groups in total. The summed E-state index contributed by atoms with van der Waals surface area (Å²) in [5.74, 6) is 0.189. The second-order valence-electron chi connectivity index (χ2n) is 6.29. The number of carbonyl (C=O) groups is 1. The average molecular weight is 409 g/mol. The molecular formula is C19H21ClN2O4S. The Morgan fingerprint density at radius 2 is 1.78 bits per heavy atom. The normalized spacial score (nSPS) is 14.6. The van der Waals surface area contributed by atoms with Crippen LogP contribution in [0.4, 0.5) is 5.69 Å². The SMILES string of the molecule is O=C(COc1ccc(S(=O)(=O)Nc2ccccc2)cc1Cl)N1CCCCC1. The van der Waals surface area contributed by atoms with Crippen molar-refractivity contribution in [3.63, 3.8) is 0 Å². The number of nitrogens with zero attached hydrogens (tertiary/aromatic N) is 1. The highest BCUT2D eigenvalue weighted by molar-refractivity contribution is 7.92. The Morgan fingerprint density at radius 3 is 2.44 bits per heavy atom. The van der Waals surface area contributed by atoms with E-state index < -0.39 is 10.0 Å². The van der Waals surface area contributed by atoms with Crippen LogP contribution in [0.2, 0.25) is 5.02 Å². The van der Waals surface area contributed by atoms with Gasteiger partial charge in [0.05, 0.1) is 9.92 Å². The quantitative estimate of drug-likeness (QED) is 0.793. The van der Waals surface area contributed by atoms with E-state index in [0.717, 1.165) is 32.4 Å². The number of amides is 1. The molecule has 1 heterocycles. The van der Waals surface area contributed by atoms with Crippen molar-refractivity contribution < 1.29 is 17.9 Å². The second-order valence-corrected chi connectivity index (χ2v) is 8.38. The molecule has 0 unspecified atom stereocenters. The number of carbonyl (C=O) groups excluding carboxylic acids is 1. The standard InChI is InChI=1S/C19H21ClN2O4S/c20-17-13-16(27(24,25)21-15-7-3-1-4-8-15)9-10-18(17)26-14-19(23)22-11-5-2-6-12-22/h1,3-4,7-10,13,21H,2,5-6,11-12,14H2. The van der Waals surface area contributed by atoms with Gasteiger partial charge in [-0.25, -0.2) is 8.42 Å². The predicted molar refractivity (Wildman–Crippen MR) is 105 cm³/mol. The molecule has 0 atom stereocenters. The Kier molecular flexibility index (Phi) is 6.23. The van der Waals surface area contributed by atoms with Gasteiger partial charge in [-0.2, -0.15) is 0 Å². The molecule has 1 fully saturated rings. The third kappa shape index (κ3) is 5.14. The van der Waals surface area contributed by atoms with E-state index in [0.29, 0.717) is 5.69 Å². The third-order valence-electron chi connectivity index (χ3n) is 4.30. The van der Waals surface area contributed by atoms with Crippen molar-refractivity contribution in [2.24, 2.45) is 0 Å². The number of anilines is 1. The molecule has 1 saturated heterocycles. The minimum Gasteiger partial charge on any atom is -0.482 e. The van der Waals surface area contributed by atoms with E-state index in [-0.39, 0.29) is 28.2 Å². The molecule has 0 saturated carbocycles. The zero-order valence-corrected chi connectivity index (χ0v) is 16.3. The maximum Gasteiger partial charge on any atom is 0.261 e. The van der Waals surface area contributed by atoms with Crippen molar-refractivity contribution in [3.05, 3.63) is 53.6 Å². The van der Waals surface area contributed by atoms with Crippen molar-refractivity contribution in [2.45, 2.75) is 24.2 Å². The van der Waals surface area contributed by atoms with Crippen molar-refractivity contribution >= 4 is 33.2 Å². The summed E-state index contributed by atoms with van der Waals surface area (Å²) in [6.45, 7) is 1.38. The fourth-order valence-electron chi connectivity index (χ4n) is 2.86. The number of benzene rings is 2. The molecule has 0 bridgehead atoms.